The molecule has 0 radical (unpaired) electrons. The highest BCUT2D eigenvalue weighted by Crippen LogP contribution is 2.51. The van der Waals surface area contributed by atoms with Gasteiger partial charge >= 0.3 is 6.18 Å². The molecule has 1 saturated carbocycles. The molecule has 2 aromatic rings. The molecule has 2 aromatic carbocycles. The largest absolute Gasteiger partial charge is 0.493 e. The number of alkyl halides is 3. The average Bonchev–Trinajstić information content (AvgIpc) is 3.51. The first-order valence-electron chi connectivity index (χ1n) is 9.02. The summed E-state index contributed by atoms with van der Waals surface area (Å²) in [6.07, 6.45) is -4.04. The lowest BCUT2D eigenvalue weighted by molar-refractivity contribution is -0.138. The molecule has 1 amide bonds. The molecule has 2 unspecified atom stereocenters. The van der Waals surface area contributed by atoms with E-state index in [1.165, 1.54) is 33.5 Å². The van der Waals surface area contributed by atoms with E-state index in [1.54, 1.807) is 18.2 Å². The summed E-state index contributed by atoms with van der Waals surface area (Å²) in [6, 6.07) is 8.84. The van der Waals surface area contributed by atoms with Gasteiger partial charge in [0.25, 0.3) is 0 Å². The third-order valence-corrected chi connectivity index (χ3v) is 4.98. The van der Waals surface area contributed by atoms with Crippen molar-refractivity contribution in [3.8, 4) is 17.2 Å². The fourth-order valence-corrected chi connectivity index (χ4v) is 3.46. The summed E-state index contributed by atoms with van der Waals surface area (Å²) >= 11 is 0. The van der Waals surface area contributed by atoms with Gasteiger partial charge < -0.3 is 19.5 Å². The van der Waals surface area contributed by atoms with Gasteiger partial charge in [0, 0.05) is 12.5 Å². The summed E-state index contributed by atoms with van der Waals surface area (Å²) in [6.45, 7) is 0.194. The molecule has 29 heavy (non-hydrogen) atoms. The molecule has 3 rings (SSSR count). The fraction of sp³-hybridized carbons (Fsp3) is 0.381. The van der Waals surface area contributed by atoms with Gasteiger partial charge in [-0.1, -0.05) is 18.2 Å². The third-order valence-electron chi connectivity index (χ3n) is 4.98. The van der Waals surface area contributed by atoms with Crippen LogP contribution in [0, 0.1) is 5.92 Å². The van der Waals surface area contributed by atoms with E-state index in [2.05, 4.69) is 5.32 Å². The van der Waals surface area contributed by atoms with Crippen molar-refractivity contribution < 1.29 is 32.2 Å². The van der Waals surface area contributed by atoms with Gasteiger partial charge in [-0.25, -0.2) is 0 Å². The van der Waals surface area contributed by atoms with Crippen LogP contribution >= 0.6 is 0 Å². The number of hydrogen-bond donors (Lipinski definition) is 1. The normalized spacial score (nSPS) is 18.1. The third kappa shape index (κ3) is 4.41. The number of methoxy groups -OCH3 is 3. The molecule has 2 atom stereocenters. The lowest BCUT2D eigenvalue weighted by Gasteiger charge is -2.15. The highest BCUT2D eigenvalue weighted by molar-refractivity contribution is 5.83. The number of carbonyl (C=O) groups excluding carboxylic acids is 1. The Bertz CT molecular complexity index is 873. The maximum Gasteiger partial charge on any atom is 0.416 e. The Morgan fingerprint density at radius 1 is 1.07 bits per heavy atom. The van der Waals surface area contributed by atoms with Crippen LogP contribution in [0.5, 0.6) is 17.2 Å². The zero-order valence-electron chi connectivity index (χ0n) is 16.3. The quantitative estimate of drug-likeness (QED) is 0.747. The molecule has 1 aliphatic carbocycles. The second-order valence-electron chi connectivity index (χ2n) is 6.79. The second kappa shape index (κ2) is 8.23. The molecule has 0 aromatic heterocycles. The van der Waals surface area contributed by atoms with Crippen LogP contribution in [0.4, 0.5) is 13.2 Å². The molecule has 0 heterocycles. The van der Waals surface area contributed by atoms with Crippen molar-refractivity contribution in [2.24, 2.45) is 5.92 Å². The van der Waals surface area contributed by atoms with Crippen molar-refractivity contribution in [3.63, 3.8) is 0 Å². The average molecular weight is 409 g/mol. The lowest BCUT2D eigenvalue weighted by Crippen LogP contribution is -2.25. The summed E-state index contributed by atoms with van der Waals surface area (Å²) in [7, 11) is 4.48. The van der Waals surface area contributed by atoms with Gasteiger partial charge in [-0.15, -0.1) is 0 Å². The van der Waals surface area contributed by atoms with Crippen LogP contribution in [-0.2, 0) is 17.5 Å². The van der Waals surface area contributed by atoms with Gasteiger partial charge in [-0.2, -0.15) is 13.2 Å². The number of carbonyl (C=O) groups is 1. The first-order chi connectivity index (χ1) is 13.8. The topological polar surface area (TPSA) is 56.8 Å². The molecule has 8 heteroatoms. The van der Waals surface area contributed by atoms with Gasteiger partial charge in [0.2, 0.25) is 11.7 Å². The van der Waals surface area contributed by atoms with Crippen molar-refractivity contribution in [2.45, 2.75) is 25.1 Å². The lowest BCUT2D eigenvalue weighted by atomic mass is 10.0. The van der Waals surface area contributed by atoms with E-state index < -0.39 is 23.6 Å². The molecule has 0 spiro atoms. The predicted octanol–water partition coefficient (Wildman–Crippen LogP) is 4.15. The highest BCUT2D eigenvalue weighted by Gasteiger charge is 2.47. The number of hydrogen-bond acceptors (Lipinski definition) is 4. The Balaban J connectivity index is 1.68. The smallest absolute Gasteiger partial charge is 0.416 e. The first kappa shape index (κ1) is 20.8. The van der Waals surface area contributed by atoms with Gasteiger partial charge in [0.15, 0.2) is 11.5 Å². The summed E-state index contributed by atoms with van der Waals surface area (Å²) in [5.41, 5.74) is 0.221. The Kier molecular flexibility index (Phi) is 5.91. The molecular formula is C21H22F3NO4. The summed E-state index contributed by atoms with van der Waals surface area (Å²) in [4.78, 5) is 12.5. The van der Waals surface area contributed by atoms with Crippen molar-refractivity contribution in [2.75, 3.05) is 21.3 Å². The molecule has 1 fully saturated rings. The molecule has 0 bridgehead atoms. The van der Waals surface area contributed by atoms with Gasteiger partial charge in [-0.05, 0) is 41.7 Å². The SMILES string of the molecule is COc1cc(CNC(=O)C2CC2c2ccccc2C(F)(F)F)cc(OC)c1OC. The van der Waals surface area contributed by atoms with Crippen molar-refractivity contribution in [1.29, 1.82) is 0 Å². The van der Waals surface area contributed by atoms with Crippen molar-refractivity contribution in [3.05, 3.63) is 53.1 Å². The highest BCUT2D eigenvalue weighted by atomic mass is 19.4. The van der Waals surface area contributed by atoms with Crippen molar-refractivity contribution in [1.82, 2.24) is 5.32 Å². The summed E-state index contributed by atoms with van der Waals surface area (Å²) in [5.74, 6) is 0.184. The zero-order chi connectivity index (χ0) is 21.2. The van der Waals surface area contributed by atoms with E-state index in [0.717, 1.165) is 11.6 Å². The number of rotatable bonds is 7. The molecular weight excluding hydrogens is 387 g/mol. The summed E-state index contributed by atoms with van der Waals surface area (Å²) in [5, 5.41) is 2.79. The Hall–Kier alpha value is -2.90. The van der Waals surface area contributed by atoms with E-state index in [0.29, 0.717) is 23.7 Å². The number of halogens is 3. The number of nitrogens with one attached hydrogen (secondary N) is 1. The molecule has 0 saturated heterocycles. The molecule has 0 aliphatic heterocycles. The monoisotopic (exact) mass is 409 g/mol. The zero-order valence-corrected chi connectivity index (χ0v) is 16.3. The van der Waals surface area contributed by atoms with Crippen LogP contribution in [0.15, 0.2) is 36.4 Å². The minimum atomic E-state index is -4.43. The minimum absolute atomic E-state index is 0.174. The van der Waals surface area contributed by atoms with Gasteiger partial charge in [0.1, 0.15) is 0 Å². The van der Waals surface area contributed by atoms with E-state index in [4.69, 9.17) is 14.2 Å². The number of amides is 1. The van der Waals surface area contributed by atoms with Crippen LogP contribution in [0.3, 0.4) is 0 Å². The van der Waals surface area contributed by atoms with Gasteiger partial charge in [0.05, 0.1) is 26.9 Å². The molecule has 1 N–H and O–H groups in total. The van der Waals surface area contributed by atoms with E-state index in [-0.39, 0.29) is 18.0 Å². The van der Waals surface area contributed by atoms with E-state index in [1.807, 2.05) is 0 Å². The van der Waals surface area contributed by atoms with Crippen LogP contribution in [0.1, 0.15) is 29.0 Å². The van der Waals surface area contributed by atoms with Crippen LogP contribution in [-0.4, -0.2) is 27.2 Å². The van der Waals surface area contributed by atoms with E-state index >= 15 is 0 Å². The fourth-order valence-electron chi connectivity index (χ4n) is 3.46. The Labute approximate surface area is 166 Å². The summed E-state index contributed by atoms with van der Waals surface area (Å²) < 4.78 is 55.4. The van der Waals surface area contributed by atoms with Crippen molar-refractivity contribution >= 4 is 5.91 Å². The predicted molar refractivity (Wildman–Crippen MR) is 100 cm³/mol. The van der Waals surface area contributed by atoms with E-state index in [9.17, 15) is 18.0 Å². The molecule has 5 nitrogen and oxygen atoms in total. The maximum absolute atomic E-state index is 13.2. The molecule has 1 aliphatic rings. The van der Waals surface area contributed by atoms with Crippen LogP contribution < -0.4 is 19.5 Å². The Morgan fingerprint density at radius 3 is 2.24 bits per heavy atom. The molecule has 156 valence electrons. The maximum atomic E-state index is 13.2. The second-order valence-corrected chi connectivity index (χ2v) is 6.79. The standard InChI is InChI=1S/C21H22F3NO4/c1-27-17-8-12(9-18(28-2)19(17)29-3)11-25-20(26)15-10-14(15)13-6-4-5-7-16(13)21(22,23)24/h4-9,14-15H,10-11H2,1-3H3,(H,25,26). The Morgan fingerprint density at radius 2 is 1.69 bits per heavy atom. The number of benzene rings is 2. The van der Waals surface area contributed by atoms with Crippen LogP contribution in [0.25, 0.3) is 0 Å². The minimum Gasteiger partial charge on any atom is -0.493 e. The number of ether oxygens (including phenoxy) is 3. The van der Waals surface area contributed by atoms with Crippen LogP contribution in [0.2, 0.25) is 0 Å². The van der Waals surface area contributed by atoms with Gasteiger partial charge in [-0.3, -0.25) is 4.79 Å². The first-order valence-corrected chi connectivity index (χ1v) is 9.02.